The summed E-state index contributed by atoms with van der Waals surface area (Å²) in [6, 6.07) is 15.7. The lowest BCUT2D eigenvalue weighted by atomic mass is 10.1. The molecule has 0 radical (unpaired) electrons. The molecule has 1 amide bonds. The van der Waals surface area contributed by atoms with Crippen LogP contribution in [0.4, 0.5) is 0 Å². The van der Waals surface area contributed by atoms with Gasteiger partial charge in [-0.25, -0.2) is 0 Å². The van der Waals surface area contributed by atoms with Gasteiger partial charge in [0, 0.05) is 34.3 Å². The van der Waals surface area contributed by atoms with Crippen molar-refractivity contribution in [3.8, 4) is 0 Å². The third-order valence-electron chi connectivity index (χ3n) is 3.47. The van der Waals surface area contributed by atoms with Crippen LogP contribution in [0.15, 0.2) is 53.4 Å². The van der Waals surface area contributed by atoms with Crippen molar-refractivity contribution in [2.24, 2.45) is 0 Å². The summed E-state index contributed by atoms with van der Waals surface area (Å²) in [6.45, 7) is 5.48. The minimum Gasteiger partial charge on any atom is -0.339 e. The lowest BCUT2D eigenvalue weighted by Gasteiger charge is -2.18. The zero-order valence-corrected chi connectivity index (χ0v) is 14.5. The number of halogens is 1. The van der Waals surface area contributed by atoms with Gasteiger partial charge < -0.3 is 4.90 Å². The van der Waals surface area contributed by atoms with Crippen LogP contribution in [0, 0.1) is 0 Å². The van der Waals surface area contributed by atoms with Crippen molar-refractivity contribution in [1.29, 1.82) is 0 Å². The van der Waals surface area contributed by atoms with Gasteiger partial charge in [-0.1, -0.05) is 23.7 Å². The standard InChI is InChI=1S/C18H20ClNOS/c1-3-20(4-2)18(21)15-7-5-14(6-8-15)13-22-17-11-9-16(19)10-12-17/h5-12H,3-4,13H2,1-2H3. The van der Waals surface area contributed by atoms with E-state index in [9.17, 15) is 4.79 Å². The van der Waals surface area contributed by atoms with Crippen molar-refractivity contribution in [3.63, 3.8) is 0 Å². The van der Waals surface area contributed by atoms with E-state index < -0.39 is 0 Å². The molecule has 22 heavy (non-hydrogen) atoms. The predicted octanol–water partition coefficient (Wildman–Crippen LogP) is 5.11. The molecule has 0 spiro atoms. The van der Waals surface area contributed by atoms with E-state index >= 15 is 0 Å². The number of carbonyl (C=O) groups is 1. The summed E-state index contributed by atoms with van der Waals surface area (Å²) in [5, 5.41) is 0.753. The first kappa shape index (κ1) is 16.9. The topological polar surface area (TPSA) is 20.3 Å². The molecule has 0 atom stereocenters. The predicted molar refractivity (Wildman–Crippen MR) is 94.7 cm³/mol. The maximum Gasteiger partial charge on any atom is 0.253 e. The van der Waals surface area contributed by atoms with Crippen LogP contribution in [0.1, 0.15) is 29.8 Å². The maximum atomic E-state index is 12.2. The van der Waals surface area contributed by atoms with Gasteiger partial charge in [0.05, 0.1) is 0 Å². The average molecular weight is 334 g/mol. The van der Waals surface area contributed by atoms with Crippen LogP contribution in [0.25, 0.3) is 0 Å². The highest BCUT2D eigenvalue weighted by Gasteiger charge is 2.11. The van der Waals surface area contributed by atoms with Gasteiger partial charge in [0.1, 0.15) is 0 Å². The molecular formula is C18H20ClNOS. The summed E-state index contributed by atoms with van der Waals surface area (Å²) in [5.74, 6) is 0.975. The first-order chi connectivity index (χ1) is 10.6. The molecule has 2 nitrogen and oxygen atoms in total. The number of nitrogens with zero attached hydrogens (tertiary/aromatic N) is 1. The fourth-order valence-electron chi connectivity index (χ4n) is 2.13. The number of carbonyl (C=O) groups excluding carboxylic acids is 1. The van der Waals surface area contributed by atoms with Crippen molar-refractivity contribution >= 4 is 29.3 Å². The van der Waals surface area contributed by atoms with E-state index in [4.69, 9.17) is 11.6 Å². The van der Waals surface area contributed by atoms with Crippen molar-refractivity contribution in [2.45, 2.75) is 24.5 Å². The van der Waals surface area contributed by atoms with Crippen LogP contribution in [-0.4, -0.2) is 23.9 Å². The van der Waals surface area contributed by atoms with Crippen LogP contribution < -0.4 is 0 Å². The fourth-order valence-corrected chi connectivity index (χ4v) is 3.11. The molecule has 0 aliphatic rings. The first-order valence-corrected chi connectivity index (χ1v) is 8.77. The van der Waals surface area contributed by atoms with E-state index in [0.717, 1.165) is 29.4 Å². The summed E-state index contributed by atoms with van der Waals surface area (Å²) in [5.41, 5.74) is 1.96. The van der Waals surface area contributed by atoms with Crippen molar-refractivity contribution in [1.82, 2.24) is 4.90 Å². The highest BCUT2D eigenvalue weighted by molar-refractivity contribution is 7.98. The molecule has 2 aromatic carbocycles. The number of rotatable bonds is 6. The third-order valence-corrected chi connectivity index (χ3v) is 4.81. The number of thioether (sulfide) groups is 1. The van der Waals surface area contributed by atoms with E-state index in [-0.39, 0.29) is 5.91 Å². The second-order valence-electron chi connectivity index (χ2n) is 4.92. The van der Waals surface area contributed by atoms with E-state index in [2.05, 4.69) is 0 Å². The van der Waals surface area contributed by atoms with E-state index in [1.54, 1.807) is 11.8 Å². The Bertz CT molecular complexity index is 606. The molecule has 0 saturated heterocycles. The van der Waals surface area contributed by atoms with Gasteiger partial charge in [0.25, 0.3) is 5.91 Å². The molecule has 4 heteroatoms. The minimum atomic E-state index is 0.0990. The third kappa shape index (κ3) is 4.52. The molecule has 116 valence electrons. The van der Waals surface area contributed by atoms with Gasteiger partial charge in [0.2, 0.25) is 0 Å². The Morgan fingerprint density at radius 2 is 1.59 bits per heavy atom. The first-order valence-electron chi connectivity index (χ1n) is 7.40. The van der Waals surface area contributed by atoms with Crippen LogP contribution in [0.3, 0.4) is 0 Å². The molecule has 0 heterocycles. The minimum absolute atomic E-state index is 0.0990. The van der Waals surface area contributed by atoms with Gasteiger partial charge in [-0.3, -0.25) is 4.79 Å². The maximum absolute atomic E-state index is 12.2. The van der Waals surface area contributed by atoms with Crippen LogP contribution in [0.2, 0.25) is 5.02 Å². The zero-order valence-electron chi connectivity index (χ0n) is 12.9. The lowest BCUT2D eigenvalue weighted by Crippen LogP contribution is -2.30. The van der Waals surface area contributed by atoms with Crippen molar-refractivity contribution in [3.05, 3.63) is 64.7 Å². The average Bonchev–Trinajstić information content (AvgIpc) is 2.56. The van der Waals surface area contributed by atoms with Gasteiger partial charge in [-0.15, -0.1) is 11.8 Å². The molecule has 0 aromatic heterocycles. The SMILES string of the molecule is CCN(CC)C(=O)c1ccc(CSc2ccc(Cl)cc2)cc1. The van der Waals surface area contributed by atoms with E-state index in [1.165, 1.54) is 10.5 Å². The molecule has 0 saturated carbocycles. The molecule has 0 unspecified atom stereocenters. The second-order valence-corrected chi connectivity index (χ2v) is 6.40. The summed E-state index contributed by atoms with van der Waals surface area (Å²) >= 11 is 7.64. The summed E-state index contributed by atoms with van der Waals surface area (Å²) < 4.78 is 0. The molecular weight excluding hydrogens is 314 g/mol. The fraction of sp³-hybridized carbons (Fsp3) is 0.278. The monoisotopic (exact) mass is 333 g/mol. The Morgan fingerprint density at radius 3 is 2.14 bits per heavy atom. The molecule has 0 N–H and O–H groups in total. The van der Waals surface area contributed by atoms with Gasteiger partial charge in [0.15, 0.2) is 0 Å². The molecule has 0 bridgehead atoms. The summed E-state index contributed by atoms with van der Waals surface area (Å²) in [4.78, 5) is 15.3. The van der Waals surface area contributed by atoms with Gasteiger partial charge in [-0.2, -0.15) is 0 Å². The largest absolute Gasteiger partial charge is 0.339 e. The Kier molecular flexibility index (Phi) is 6.34. The van der Waals surface area contributed by atoms with Crippen LogP contribution >= 0.6 is 23.4 Å². The van der Waals surface area contributed by atoms with Crippen LogP contribution in [-0.2, 0) is 5.75 Å². The van der Waals surface area contributed by atoms with Crippen molar-refractivity contribution < 1.29 is 4.79 Å². The Balaban J connectivity index is 1.97. The van der Waals surface area contributed by atoms with Crippen LogP contribution in [0.5, 0.6) is 0 Å². The smallest absolute Gasteiger partial charge is 0.253 e. The molecule has 2 rings (SSSR count). The summed E-state index contributed by atoms with van der Waals surface area (Å²) in [6.07, 6.45) is 0. The Labute approximate surface area is 141 Å². The Hall–Kier alpha value is -1.45. The molecule has 2 aromatic rings. The lowest BCUT2D eigenvalue weighted by molar-refractivity contribution is 0.0773. The molecule has 0 aliphatic carbocycles. The van der Waals surface area contributed by atoms with Gasteiger partial charge >= 0.3 is 0 Å². The number of benzene rings is 2. The normalized spacial score (nSPS) is 10.5. The number of amides is 1. The molecule has 0 fully saturated rings. The van der Waals surface area contributed by atoms with Gasteiger partial charge in [-0.05, 0) is 55.8 Å². The number of hydrogen-bond donors (Lipinski definition) is 0. The Morgan fingerprint density at radius 1 is 1.00 bits per heavy atom. The number of hydrogen-bond acceptors (Lipinski definition) is 2. The zero-order chi connectivity index (χ0) is 15.9. The quantitative estimate of drug-likeness (QED) is 0.684. The summed E-state index contributed by atoms with van der Waals surface area (Å²) in [7, 11) is 0. The molecule has 0 aliphatic heterocycles. The van der Waals surface area contributed by atoms with E-state index in [1.807, 2.05) is 67.3 Å². The van der Waals surface area contributed by atoms with Crippen molar-refractivity contribution in [2.75, 3.05) is 13.1 Å². The highest BCUT2D eigenvalue weighted by atomic mass is 35.5. The second kappa shape index (κ2) is 8.25. The van der Waals surface area contributed by atoms with E-state index in [0.29, 0.717) is 0 Å². The highest BCUT2D eigenvalue weighted by Crippen LogP contribution is 2.24.